The lowest BCUT2D eigenvalue weighted by Crippen LogP contribution is -2.48. The summed E-state index contributed by atoms with van der Waals surface area (Å²) in [5.74, 6) is 0.616. The molecule has 2 aromatic rings. The van der Waals surface area contributed by atoms with Gasteiger partial charge in [0.15, 0.2) is 12.2 Å². The van der Waals surface area contributed by atoms with Crippen LogP contribution in [0.2, 0.25) is 5.02 Å². The summed E-state index contributed by atoms with van der Waals surface area (Å²) < 4.78 is 16.8. The predicted molar refractivity (Wildman–Crippen MR) is 98.2 cm³/mol. The third kappa shape index (κ3) is 4.56. The smallest absolute Gasteiger partial charge is 0.410 e. The van der Waals surface area contributed by atoms with Crippen LogP contribution in [0.15, 0.2) is 35.2 Å². The van der Waals surface area contributed by atoms with Crippen LogP contribution < -0.4 is 0 Å². The molecule has 6 nitrogen and oxygen atoms in total. The maximum absolute atomic E-state index is 12.3. The van der Waals surface area contributed by atoms with Crippen LogP contribution >= 0.6 is 11.6 Å². The van der Waals surface area contributed by atoms with E-state index in [9.17, 15) is 4.79 Å². The summed E-state index contributed by atoms with van der Waals surface area (Å²) in [5, 5.41) is 0.596. The second kappa shape index (κ2) is 7.68. The first-order valence-corrected chi connectivity index (χ1v) is 8.97. The molecule has 0 radical (unpaired) electrons. The summed E-state index contributed by atoms with van der Waals surface area (Å²) in [5.41, 5.74) is 1.28. The third-order valence-corrected chi connectivity index (χ3v) is 4.33. The molecule has 0 bridgehead atoms. The molecule has 0 saturated carbocycles. The Labute approximate surface area is 158 Å². The zero-order valence-electron chi connectivity index (χ0n) is 15.2. The lowest BCUT2D eigenvalue weighted by Gasteiger charge is -2.34. The Balaban J connectivity index is 1.74. The number of hydrogen-bond acceptors (Lipinski definition) is 5. The van der Waals surface area contributed by atoms with Crippen LogP contribution in [-0.2, 0) is 15.9 Å². The maximum atomic E-state index is 12.3. The van der Waals surface area contributed by atoms with Gasteiger partial charge in [-0.25, -0.2) is 9.78 Å². The number of morpholine rings is 1. The quantitative estimate of drug-likeness (QED) is 0.801. The van der Waals surface area contributed by atoms with E-state index in [-0.39, 0.29) is 12.2 Å². The number of oxazole rings is 1. The van der Waals surface area contributed by atoms with Crippen molar-refractivity contribution in [3.63, 3.8) is 0 Å². The van der Waals surface area contributed by atoms with Gasteiger partial charge >= 0.3 is 6.09 Å². The lowest BCUT2D eigenvalue weighted by molar-refractivity contribution is -0.0414. The van der Waals surface area contributed by atoms with Gasteiger partial charge in [0.2, 0.25) is 0 Å². The van der Waals surface area contributed by atoms with E-state index in [0.29, 0.717) is 36.9 Å². The highest BCUT2D eigenvalue weighted by Gasteiger charge is 2.29. The molecule has 1 fully saturated rings. The number of carbonyl (C=O) groups excluding carboxylic acids is 1. The van der Waals surface area contributed by atoms with Gasteiger partial charge in [0.05, 0.1) is 30.5 Å². The monoisotopic (exact) mass is 378 g/mol. The molecule has 0 spiro atoms. The molecular weight excluding hydrogens is 356 g/mol. The van der Waals surface area contributed by atoms with E-state index in [0.717, 1.165) is 11.1 Å². The van der Waals surface area contributed by atoms with Crippen molar-refractivity contribution in [2.75, 3.05) is 19.7 Å². The Morgan fingerprint density at radius 3 is 2.92 bits per heavy atom. The number of benzene rings is 1. The molecule has 1 saturated heterocycles. The average Bonchev–Trinajstić information content (AvgIpc) is 3.08. The zero-order valence-corrected chi connectivity index (χ0v) is 16.0. The molecule has 0 aliphatic carbocycles. The molecule has 140 valence electrons. The van der Waals surface area contributed by atoms with Crippen molar-refractivity contribution in [1.29, 1.82) is 0 Å². The minimum atomic E-state index is -0.517. The Morgan fingerprint density at radius 1 is 1.42 bits per heavy atom. The van der Waals surface area contributed by atoms with Gasteiger partial charge in [0, 0.05) is 18.5 Å². The van der Waals surface area contributed by atoms with Gasteiger partial charge in [0.25, 0.3) is 0 Å². The van der Waals surface area contributed by atoms with Crippen LogP contribution in [0, 0.1) is 0 Å². The van der Waals surface area contributed by atoms with Gasteiger partial charge in [0.1, 0.15) is 5.60 Å². The fourth-order valence-electron chi connectivity index (χ4n) is 2.93. The number of hydrogen-bond donors (Lipinski definition) is 0. The summed E-state index contributed by atoms with van der Waals surface area (Å²) in [6.45, 7) is 7.05. The molecule has 7 heteroatoms. The summed E-state index contributed by atoms with van der Waals surface area (Å²) in [6.07, 6.45) is 3.17. The van der Waals surface area contributed by atoms with E-state index < -0.39 is 5.60 Å². The minimum absolute atomic E-state index is 0.142. The highest BCUT2D eigenvalue weighted by atomic mass is 35.5. The van der Waals surface area contributed by atoms with Crippen LogP contribution in [0.5, 0.6) is 0 Å². The standard InChI is InChI=1S/C19H23ClN2O4/c1-19(2,3)26-18(23)22-7-8-24-14(11-22)9-13-5-4-6-15(20)17(13)16-10-21-12-25-16/h4-6,10,12,14H,7-9,11H2,1-3H3/t14-/m1/s1. The number of ether oxygens (including phenoxy) is 2. The SMILES string of the molecule is CC(C)(C)OC(=O)N1CCO[C@H](Cc2cccc(Cl)c2-c2cnco2)C1. The summed E-state index contributed by atoms with van der Waals surface area (Å²) in [6, 6.07) is 5.70. The fourth-order valence-corrected chi connectivity index (χ4v) is 3.22. The first-order valence-electron chi connectivity index (χ1n) is 8.59. The fraction of sp³-hybridized carbons (Fsp3) is 0.474. The zero-order chi connectivity index (χ0) is 18.7. The van der Waals surface area contributed by atoms with Crippen LogP contribution in [-0.4, -0.2) is 47.4 Å². The molecule has 1 atom stereocenters. The molecule has 1 aliphatic rings. The Kier molecular flexibility index (Phi) is 5.53. The summed E-state index contributed by atoms with van der Waals surface area (Å²) >= 11 is 6.38. The highest BCUT2D eigenvalue weighted by Crippen LogP contribution is 2.32. The molecule has 3 rings (SSSR count). The number of carbonyl (C=O) groups is 1. The normalized spacial score (nSPS) is 18.0. The molecule has 1 aliphatic heterocycles. The summed E-state index contributed by atoms with van der Waals surface area (Å²) in [7, 11) is 0. The lowest BCUT2D eigenvalue weighted by atomic mass is 9.99. The van der Waals surface area contributed by atoms with Crippen LogP contribution in [0.3, 0.4) is 0 Å². The molecule has 0 unspecified atom stereocenters. The molecule has 1 aromatic carbocycles. The molecule has 1 amide bonds. The van der Waals surface area contributed by atoms with Crippen molar-refractivity contribution in [2.24, 2.45) is 0 Å². The molecule has 26 heavy (non-hydrogen) atoms. The summed E-state index contributed by atoms with van der Waals surface area (Å²) in [4.78, 5) is 18.0. The second-order valence-electron chi connectivity index (χ2n) is 7.26. The van der Waals surface area contributed by atoms with Crippen molar-refractivity contribution in [1.82, 2.24) is 9.88 Å². The van der Waals surface area contributed by atoms with Crippen LogP contribution in [0.1, 0.15) is 26.3 Å². The topological polar surface area (TPSA) is 64.8 Å². The Morgan fingerprint density at radius 2 is 2.23 bits per heavy atom. The van der Waals surface area contributed by atoms with Gasteiger partial charge in [-0.3, -0.25) is 0 Å². The number of rotatable bonds is 3. The van der Waals surface area contributed by atoms with Crippen molar-refractivity contribution >= 4 is 17.7 Å². The van der Waals surface area contributed by atoms with E-state index in [1.165, 1.54) is 6.39 Å². The molecular formula is C19H23ClN2O4. The van der Waals surface area contributed by atoms with Gasteiger partial charge < -0.3 is 18.8 Å². The Bertz CT molecular complexity index is 755. The van der Waals surface area contributed by atoms with Crippen molar-refractivity contribution in [3.8, 4) is 11.3 Å². The van der Waals surface area contributed by atoms with Crippen LogP contribution in [0.25, 0.3) is 11.3 Å². The van der Waals surface area contributed by atoms with E-state index in [1.807, 2.05) is 39.0 Å². The van der Waals surface area contributed by atoms with Gasteiger partial charge in [-0.05, 0) is 32.4 Å². The van der Waals surface area contributed by atoms with Gasteiger partial charge in [-0.2, -0.15) is 0 Å². The van der Waals surface area contributed by atoms with Crippen molar-refractivity contribution in [2.45, 2.75) is 38.9 Å². The molecule has 2 heterocycles. The maximum Gasteiger partial charge on any atom is 0.410 e. The van der Waals surface area contributed by atoms with E-state index in [2.05, 4.69) is 4.98 Å². The number of amides is 1. The van der Waals surface area contributed by atoms with Gasteiger partial charge in [-0.1, -0.05) is 23.7 Å². The first-order chi connectivity index (χ1) is 12.3. The minimum Gasteiger partial charge on any atom is -0.444 e. The van der Waals surface area contributed by atoms with E-state index in [1.54, 1.807) is 11.1 Å². The molecule has 1 aromatic heterocycles. The van der Waals surface area contributed by atoms with Crippen molar-refractivity contribution in [3.05, 3.63) is 41.4 Å². The third-order valence-electron chi connectivity index (χ3n) is 4.02. The van der Waals surface area contributed by atoms with E-state index >= 15 is 0 Å². The second-order valence-corrected chi connectivity index (χ2v) is 7.67. The highest BCUT2D eigenvalue weighted by molar-refractivity contribution is 6.33. The van der Waals surface area contributed by atoms with Crippen molar-refractivity contribution < 1.29 is 18.7 Å². The van der Waals surface area contributed by atoms with E-state index in [4.69, 9.17) is 25.5 Å². The number of halogens is 1. The van der Waals surface area contributed by atoms with Gasteiger partial charge in [-0.15, -0.1) is 0 Å². The largest absolute Gasteiger partial charge is 0.444 e. The number of aromatic nitrogens is 1. The Hall–Kier alpha value is -2.05. The molecule has 0 N–H and O–H groups in total. The number of nitrogens with zero attached hydrogens (tertiary/aromatic N) is 2. The van der Waals surface area contributed by atoms with Crippen LogP contribution in [0.4, 0.5) is 4.79 Å². The average molecular weight is 379 g/mol. The predicted octanol–water partition coefficient (Wildman–Crippen LogP) is 4.17. The first kappa shape index (κ1) is 18.7.